The molecular weight excluding hydrogens is 276 g/mol. The summed E-state index contributed by atoms with van der Waals surface area (Å²) in [6, 6.07) is 0. The molecule has 0 amide bonds. The first-order chi connectivity index (χ1) is 9.49. The molecule has 0 atom stereocenters. The lowest BCUT2D eigenvalue weighted by Crippen LogP contribution is -2.16. The van der Waals surface area contributed by atoms with Crippen LogP contribution in [0.3, 0.4) is 0 Å². The summed E-state index contributed by atoms with van der Waals surface area (Å²) in [4.78, 5) is 32.2. The van der Waals surface area contributed by atoms with Gasteiger partial charge in [0.1, 0.15) is 5.71 Å². The van der Waals surface area contributed by atoms with Crippen molar-refractivity contribution in [2.45, 2.75) is 20.8 Å². The Morgan fingerprint density at radius 1 is 1.40 bits per heavy atom. The Bertz CT molecular complexity index is 625. The summed E-state index contributed by atoms with van der Waals surface area (Å²) in [7, 11) is 0. The van der Waals surface area contributed by atoms with Crippen molar-refractivity contribution >= 4 is 28.8 Å². The maximum absolute atomic E-state index is 11.8. The second-order valence-electron chi connectivity index (χ2n) is 4.64. The van der Waals surface area contributed by atoms with Crippen molar-refractivity contribution < 1.29 is 14.4 Å². The number of allylic oxidation sites excluding steroid dienone is 4. The smallest absolute Gasteiger partial charge is 0.309 e. The van der Waals surface area contributed by atoms with Crippen LogP contribution in [0, 0.1) is 5.92 Å². The fourth-order valence-electron chi connectivity index (χ4n) is 1.69. The molecule has 1 aromatic rings. The molecule has 1 heterocycles. The quantitative estimate of drug-likeness (QED) is 0.487. The van der Waals surface area contributed by atoms with Crippen molar-refractivity contribution in [1.82, 2.24) is 4.98 Å². The lowest BCUT2D eigenvalue weighted by Gasteiger charge is -2.14. The van der Waals surface area contributed by atoms with E-state index in [-0.39, 0.29) is 16.7 Å². The molecule has 0 spiro atoms. The molecular formula is C14H14N2O3S. The Morgan fingerprint density at radius 3 is 2.75 bits per heavy atom. The first kappa shape index (κ1) is 14.3. The molecule has 6 heteroatoms. The van der Waals surface area contributed by atoms with Crippen molar-refractivity contribution in [2.75, 3.05) is 0 Å². The zero-order chi connectivity index (χ0) is 14.7. The number of rotatable bonds is 3. The zero-order valence-electron chi connectivity index (χ0n) is 11.4. The van der Waals surface area contributed by atoms with Gasteiger partial charge in [-0.3, -0.25) is 4.79 Å². The Labute approximate surface area is 120 Å². The lowest BCUT2D eigenvalue weighted by atomic mass is 9.90. The largest absolute Gasteiger partial charge is 0.394 e. The van der Waals surface area contributed by atoms with Gasteiger partial charge in [-0.15, -0.1) is 11.3 Å². The summed E-state index contributed by atoms with van der Waals surface area (Å²) in [5.74, 6) is -0.536. The van der Waals surface area contributed by atoms with Crippen molar-refractivity contribution in [2.24, 2.45) is 11.1 Å². The fraction of sp³-hybridized carbons (Fsp3) is 0.286. The predicted molar refractivity (Wildman–Crippen MR) is 76.6 cm³/mol. The van der Waals surface area contributed by atoms with Gasteiger partial charge >= 0.3 is 5.97 Å². The summed E-state index contributed by atoms with van der Waals surface area (Å²) in [5.41, 5.74) is 1.81. The van der Waals surface area contributed by atoms with Crippen LogP contribution in [0.5, 0.6) is 0 Å². The van der Waals surface area contributed by atoms with Crippen molar-refractivity contribution in [3.05, 3.63) is 39.9 Å². The number of ketones is 1. The Kier molecular flexibility index (Phi) is 4.24. The second-order valence-corrected chi connectivity index (χ2v) is 5.53. The molecule has 104 valence electrons. The Morgan fingerprint density at radius 2 is 2.15 bits per heavy atom. The van der Waals surface area contributed by atoms with E-state index in [0.29, 0.717) is 16.9 Å². The third kappa shape index (κ3) is 3.08. The number of hydrogen-bond donors (Lipinski definition) is 0. The number of oxime groups is 1. The molecule has 0 radical (unpaired) electrons. The van der Waals surface area contributed by atoms with Gasteiger partial charge < -0.3 is 4.84 Å². The highest BCUT2D eigenvalue weighted by Gasteiger charge is 2.19. The van der Waals surface area contributed by atoms with E-state index in [9.17, 15) is 9.59 Å². The standard InChI is InChI=1S/C14H14N2O3S/c1-8(2)10-7-11(9(3)6-12(10)17)16-19-14(18)13-15-4-5-20-13/h4-8H,1-3H3/b16-11+. The molecule has 0 saturated heterocycles. The van der Waals surface area contributed by atoms with Crippen LogP contribution in [0.25, 0.3) is 0 Å². The van der Waals surface area contributed by atoms with Crippen LogP contribution in [0.4, 0.5) is 0 Å². The highest BCUT2D eigenvalue weighted by Crippen LogP contribution is 2.19. The number of carbonyl (C=O) groups is 2. The summed E-state index contributed by atoms with van der Waals surface area (Å²) >= 11 is 1.19. The van der Waals surface area contributed by atoms with Gasteiger partial charge in [0.15, 0.2) is 5.78 Å². The number of hydrogen-bond acceptors (Lipinski definition) is 6. The van der Waals surface area contributed by atoms with E-state index in [2.05, 4.69) is 10.1 Å². The van der Waals surface area contributed by atoms with E-state index >= 15 is 0 Å². The molecule has 0 fully saturated rings. The van der Waals surface area contributed by atoms with Crippen LogP contribution >= 0.6 is 11.3 Å². The summed E-state index contributed by atoms with van der Waals surface area (Å²) in [6.45, 7) is 5.61. The third-order valence-electron chi connectivity index (χ3n) is 2.78. The molecule has 5 nitrogen and oxygen atoms in total. The predicted octanol–water partition coefficient (Wildman–Crippen LogP) is 2.77. The van der Waals surface area contributed by atoms with E-state index in [0.717, 1.165) is 0 Å². The van der Waals surface area contributed by atoms with E-state index in [1.165, 1.54) is 23.6 Å². The minimum absolute atomic E-state index is 0.0253. The highest BCUT2D eigenvalue weighted by molar-refractivity contribution is 7.11. The first-order valence-corrected chi connectivity index (χ1v) is 7.00. The maximum Gasteiger partial charge on any atom is 0.394 e. The van der Waals surface area contributed by atoms with Gasteiger partial charge in [0, 0.05) is 17.2 Å². The van der Waals surface area contributed by atoms with Gasteiger partial charge in [0.25, 0.3) is 0 Å². The number of thiazole rings is 1. The van der Waals surface area contributed by atoms with Gasteiger partial charge in [-0.25, -0.2) is 9.78 Å². The zero-order valence-corrected chi connectivity index (χ0v) is 12.2. The first-order valence-electron chi connectivity index (χ1n) is 6.12. The summed E-state index contributed by atoms with van der Waals surface area (Å²) in [5, 5.41) is 5.76. The molecule has 0 unspecified atom stereocenters. The molecule has 2 rings (SSSR count). The van der Waals surface area contributed by atoms with Gasteiger partial charge in [0.05, 0.1) is 0 Å². The van der Waals surface area contributed by atoms with E-state index in [1.807, 2.05) is 13.8 Å². The third-order valence-corrected chi connectivity index (χ3v) is 3.54. The fourth-order valence-corrected chi connectivity index (χ4v) is 2.20. The topological polar surface area (TPSA) is 68.6 Å². The molecule has 1 aliphatic carbocycles. The second kappa shape index (κ2) is 5.92. The van der Waals surface area contributed by atoms with Crippen LogP contribution in [0.15, 0.2) is 40.0 Å². The average Bonchev–Trinajstić information content (AvgIpc) is 2.90. The van der Waals surface area contributed by atoms with Crippen LogP contribution < -0.4 is 0 Å². The molecule has 1 aromatic heterocycles. The number of nitrogens with zero attached hydrogens (tertiary/aromatic N) is 2. The highest BCUT2D eigenvalue weighted by atomic mass is 32.1. The molecule has 0 bridgehead atoms. The van der Waals surface area contributed by atoms with Crippen molar-refractivity contribution in [1.29, 1.82) is 0 Å². The minimum Gasteiger partial charge on any atom is -0.309 e. The monoisotopic (exact) mass is 290 g/mol. The van der Waals surface area contributed by atoms with Crippen molar-refractivity contribution in [3.63, 3.8) is 0 Å². The normalized spacial score (nSPS) is 17.2. The molecule has 0 saturated carbocycles. The molecule has 0 aliphatic heterocycles. The van der Waals surface area contributed by atoms with Gasteiger partial charge in [-0.05, 0) is 30.6 Å². The molecule has 0 N–H and O–H groups in total. The van der Waals surface area contributed by atoms with E-state index < -0.39 is 5.97 Å². The van der Waals surface area contributed by atoms with Crippen LogP contribution in [-0.2, 0) is 9.63 Å². The van der Waals surface area contributed by atoms with Crippen LogP contribution in [0.2, 0.25) is 0 Å². The minimum atomic E-state index is -0.600. The van der Waals surface area contributed by atoms with Crippen LogP contribution in [-0.4, -0.2) is 22.4 Å². The van der Waals surface area contributed by atoms with Gasteiger partial charge in [-0.2, -0.15) is 0 Å². The Hall–Kier alpha value is -2.08. The Balaban J connectivity index is 2.18. The maximum atomic E-state index is 11.8. The van der Waals surface area contributed by atoms with E-state index in [4.69, 9.17) is 4.84 Å². The van der Waals surface area contributed by atoms with Crippen molar-refractivity contribution in [3.8, 4) is 0 Å². The van der Waals surface area contributed by atoms with Gasteiger partial charge in [-0.1, -0.05) is 19.0 Å². The molecule has 1 aliphatic rings. The van der Waals surface area contributed by atoms with Crippen LogP contribution in [0.1, 0.15) is 30.6 Å². The molecule has 0 aromatic carbocycles. The number of carbonyl (C=O) groups excluding carboxylic acids is 2. The molecule has 20 heavy (non-hydrogen) atoms. The number of aromatic nitrogens is 1. The lowest BCUT2D eigenvalue weighted by molar-refractivity contribution is -0.111. The van der Waals surface area contributed by atoms with E-state index in [1.54, 1.807) is 18.4 Å². The summed E-state index contributed by atoms with van der Waals surface area (Å²) < 4.78 is 0. The summed E-state index contributed by atoms with van der Waals surface area (Å²) in [6.07, 6.45) is 4.69. The van der Waals surface area contributed by atoms with Gasteiger partial charge in [0.2, 0.25) is 5.01 Å². The SMILES string of the molecule is CC1=CC(=O)C(C(C)C)=C/C1=N\OC(=O)c1nccs1. The average molecular weight is 290 g/mol.